The van der Waals surface area contributed by atoms with Gasteiger partial charge in [0.2, 0.25) is 0 Å². The van der Waals surface area contributed by atoms with Crippen molar-refractivity contribution >= 4 is 38.0 Å². The molecular weight excluding hydrogens is 472 g/mol. The van der Waals surface area contributed by atoms with E-state index < -0.39 is 9.84 Å². The second kappa shape index (κ2) is 10.5. The third-order valence-electron chi connectivity index (χ3n) is 6.42. The number of nitrogens with one attached hydrogen (secondary N) is 2. The van der Waals surface area contributed by atoms with Gasteiger partial charge in [0.25, 0.3) is 11.8 Å². The minimum atomic E-state index is -3.10. The molecule has 34 heavy (non-hydrogen) atoms. The number of hydrogen-bond acceptors (Lipinski definition) is 6. The van der Waals surface area contributed by atoms with Gasteiger partial charge in [-0.1, -0.05) is 20.3 Å². The number of sulfone groups is 1. The first-order chi connectivity index (χ1) is 16.3. The van der Waals surface area contributed by atoms with Crippen LogP contribution in [0.1, 0.15) is 70.7 Å². The molecular formula is C25H32N2O5S2. The number of carbonyl (C=O) groups excluding carboxylic acids is 2. The molecule has 1 aromatic heterocycles. The summed E-state index contributed by atoms with van der Waals surface area (Å²) in [5.41, 5.74) is 1.95. The van der Waals surface area contributed by atoms with Crippen LogP contribution in [-0.2, 0) is 22.7 Å². The number of anilines is 1. The van der Waals surface area contributed by atoms with E-state index in [1.54, 1.807) is 24.3 Å². The maximum atomic E-state index is 13.3. The molecule has 2 N–H and O–H groups in total. The molecule has 2 aliphatic rings. The first-order valence-corrected chi connectivity index (χ1v) is 14.6. The van der Waals surface area contributed by atoms with Gasteiger partial charge in [-0.25, -0.2) is 8.42 Å². The number of unbranched alkanes of at least 4 members (excludes halogenated alkanes) is 1. The molecule has 1 saturated heterocycles. The van der Waals surface area contributed by atoms with Crippen molar-refractivity contribution in [3.8, 4) is 5.75 Å². The highest BCUT2D eigenvalue weighted by Gasteiger charge is 2.33. The van der Waals surface area contributed by atoms with E-state index in [0.29, 0.717) is 35.1 Å². The summed E-state index contributed by atoms with van der Waals surface area (Å²) in [4.78, 5) is 27.4. The lowest BCUT2D eigenvalue weighted by Gasteiger charge is -2.19. The normalized spacial score (nSPS) is 21.0. The highest BCUT2D eigenvalue weighted by Crippen LogP contribution is 2.40. The van der Waals surface area contributed by atoms with Crippen LogP contribution in [0.3, 0.4) is 0 Å². The Labute approximate surface area is 205 Å². The van der Waals surface area contributed by atoms with Crippen LogP contribution in [0.5, 0.6) is 5.75 Å². The Hall–Kier alpha value is -2.39. The van der Waals surface area contributed by atoms with E-state index in [0.717, 1.165) is 48.3 Å². The van der Waals surface area contributed by atoms with E-state index in [4.69, 9.17) is 4.74 Å². The maximum absolute atomic E-state index is 13.3. The molecule has 0 spiro atoms. The van der Waals surface area contributed by atoms with Gasteiger partial charge in [-0.2, -0.15) is 0 Å². The summed E-state index contributed by atoms with van der Waals surface area (Å²) in [5, 5.41) is 6.39. The summed E-state index contributed by atoms with van der Waals surface area (Å²) in [5.74, 6) is 0.714. The van der Waals surface area contributed by atoms with E-state index in [-0.39, 0.29) is 29.4 Å². The number of carbonyl (C=O) groups is 2. The smallest absolute Gasteiger partial charge is 0.256 e. The van der Waals surface area contributed by atoms with Crippen LogP contribution in [0.4, 0.5) is 5.00 Å². The van der Waals surface area contributed by atoms with Gasteiger partial charge in [-0.3, -0.25) is 9.59 Å². The van der Waals surface area contributed by atoms with Crippen LogP contribution in [0, 0.1) is 5.92 Å². The summed E-state index contributed by atoms with van der Waals surface area (Å²) >= 11 is 1.46. The first-order valence-electron chi connectivity index (χ1n) is 12.0. The second-order valence-corrected chi connectivity index (χ2v) is 12.6. The van der Waals surface area contributed by atoms with Gasteiger partial charge < -0.3 is 15.4 Å². The summed E-state index contributed by atoms with van der Waals surface area (Å²) < 4.78 is 29.3. The van der Waals surface area contributed by atoms with Gasteiger partial charge in [-0.05, 0) is 67.9 Å². The average molecular weight is 505 g/mol. The van der Waals surface area contributed by atoms with Crippen LogP contribution >= 0.6 is 11.3 Å². The van der Waals surface area contributed by atoms with E-state index in [1.807, 2.05) is 0 Å². The molecule has 1 aliphatic heterocycles. The van der Waals surface area contributed by atoms with Gasteiger partial charge in [0, 0.05) is 16.5 Å². The molecule has 2 unspecified atom stereocenters. The molecule has 1 aliphatic carbocycles. The molecule has 0 saturated carbocycles. The van der Waals surface area contributed by atoms with Crippen molar-refractivity contribution in [2.45, 2.75) is 58.4 Å². The molecule has 2 heterocycles. The fourth-order valence-corrected chi connectivity index (χ4v) is 7.53. The lowest BCUT2D eigenvalue weighted by atomic mass is 9.88. The second-order valence-electron chi connectivity index (χ2n) is 9.31. The zero-order chi connectivity index (χ0) is 24.3. The largest absolute Gasteiger partial charge is 0.494 e. The van der Waals surface area contributed by atoms with E-state index in [9.17, 15) is 18.0 Å². The van der Waals surface area contributed by atoms with Crippen molar-refractivity contribution in [3.63, 3.8) is 0 Å². The standard InChI is InChI=1S/C25H32N2O5S2/c1-3-4-12-32-19-8-6-17(7-9-19)23(28)27-25-22(20-10-5-16(2)14-21(20)33-25)24(29)26-18-11-13-34(30,31)15-18/h6-9,16,18H,3-5,10-15H2,1-2H3,(H,26,29)(H,27,28). The number of rotatable bonds is 8. The number of ether oxygens (including phenoxy) is 1. The Morgan fingerprint density at radius 1 is 1.15 bits per heavy atom. The van der Waals surface area contributed by atoms with Gasteiger partial charge >= 0.3 is 0 Å². The number of thiophene rings is 1. The fourth-order valence-electron chi connectivity index (χ4n) is 4.46. The number of amides is 2. The minimum absolute atomic E-state index is 0.0313. The quantitative estimate of drug-likeness (QED) is 0.524. The van der Waals surface area contributed by atoms with Crippen molar-refractivity contribution in [1.29, 1.82) is 0 Å². The van der Waals surface area contributed by atoms with Crippen LogP contribution in [-0.4, -0.2) is 44.4 Å². The highest BCUT2D eigenvalue weighted by atomic mass is 32.2. The molecule has 2 aromatic rings. The SMILES string of the molecule is CCCCOc1ccc(C(=O)Nc2sc3c(c2C(=O)NC2CCS(=O)(=O)C2)CCC(C)C3)cc1. The zero-order valence-electron chi connectivity index (χ0n) is 19.7. The Kier molecular flexibility index (Phi) is 7.62. The van der Waals surface area contributed by atoms with Gasteiger partial charge in [-0.15, -0.1) is 11.3 Å². The summed E-state index contributed by atoms with van der Waals surface area (Å²) in [6.07, 6.45) is 5.08. The maximum Gasteiger partial charge on any atom is 0.256 e. The molecule has 2 atom stereocenters. The molecule has 0 radical (unpaired) electrons. The van der Waals surface area contributed by atoms with Gasteiger partial charge in [0.1, 0.15) is 10.8 Å². The molecule has 0 bridgehead atoms. The number of benzene rings is 1. The van der Waals surface area contributed by atoms with Crippen molar-refractivity contribution in [2.24, 2.45) is 5.92 Å². The Morgan fingerprint density at radius 2 is 1.91 bits per heavy atom. The van der Waals surface area contributed by atoms with Crippen LogP contribution in [0.2, 0.25) is 0 Å². The first kappa shape index (κ1) is 24.7. The van der Waals surface area contributed by atoms with Crippen molar-refractivity contribution < 1.29 is 22.7 Å². The Balaban J connectivity index is 1.53. The summed E-state index contributed by atoms with van der Waals surface area (Å²) in [6, 6.07) is 6.60. The molecule has 4 rings (SSSR count). The topological polar surface area (TPSA) is 102 Å². The van der Waals surface area contributed by atoms with Crippen LogP contribution < -0.4 is 15.4 Å². The third kappa shape index (κ3) is 5.81. The van der Waals surface area contributed by atoms with Crippen molar-refractivity contribution in [3.05, 3.63) is 45.8 Å². The van der Waals surface area contributed by atoms with Crippen molar-refractivity contribution in [1.82, 2.24) is 5.32 Å². The van der Waals surface area contributed by atoms with Crippen LogP contribution in [0.25, 0.3) is 0 Å². The predicted octanol–water partition coefficient (Wildman–Crippen LogP) is 4.22. The predicted molar refractivity (Wildman–Crippen MR) is 135 cm³/mol. The molecule has 1 fully saturated rings. The van der Waals surface area contributed by atoms with Crippen LogP contribution in [0.15, 0.2) is 24.3 Å². The lowest BCUT2D eigenvalue weighted by molar-refractivity contribution is 0.0941. The Bertz CT molecular complexity index is 1150. The number of fused-ring (bicyclic) bond motifs is 1. The van der Waals surface area contributed by atoms with Gasteiger partial charge in [0.15, 0.2) is 9.84 Å². The van der Waals surface area contributed by atoms with Gasteiger partial charge in [0.05, 0.1) is 23.7 Å². The monoisotopic (exact) mass is 504 g/mol. The molecule has 9 heteroatoms. The Morgan fingerprint density at radius 3 is 2.59 bits per heavy atom. The fraction of sp³-hybridized carbons (Fsp3) is 0.520. The van der Waals surface area contributed by atoms with E-state index in [1.165, 1.54) is 11.3 Å². The van der Waals surface area contributed by atoms with E-state index >= 15 is 0 Å². The number of hydrogen-bond donors (Lipinski definition) is 2. The summed E-state index contributed by atoms with van der Waals surface area (Å²) in [7, 11) is -3.10. The third-order valence-corrected chi connectivity index (χ3v) is 9.35. The zero-order valence-corrected chi connectivity index (χ0v) is 21.3. The molecule has 1 aromatic carbocycles. The molecule has 184 valence electrons. The highest BCUT2D eigenvalue weighted by molar-refractivity contribution is 7.91. The lowest BCUT2D eigenvalue weighted by Crippen LogP contribution is -2.36. The van der Waals surface area contributed by atoms with Crippen molar-refractivity contribution in [2.75, 3.05) is 23.4 Å². The van der Waals surface area contributed by atoms with E-state index in [2.05, 4.69) is 24.5 Å². The minimum Gasteiger partial charge on any atom is -0.494 e. The summed E-state index contributed by atoms with van der Waals surface area (Å²) in [6.45, 7) is 4.93. The molecule has 2 amide bonds. The molecule has 7 nitrogen and oxygen atoms in total. The average Bonchev–Trinajstić information content (AvgIpc) is 3.32.